The third kappa shape index (κ3) is 2.45. The lowest BCUT2D eigenvalue weighted by atomic mass is 10.1. The Bertz CT molecular complexity index is 283. The highest BCUT2D eigenvalue weighted by Gasteiger charge is 2.14. The number of nitrogens with zero attached hydrogens (tertiary/aromatic N) is 3. The second-order valence-electron chi connectivity index (χ2n) is 3.55. The second-order valence-corrected chi connectivity index (χ2v) is 3.82. The number of ether oxygens (including phenoxy) is 1. The Kier molecular flexibility index (Phi) is 3.37. The lowest BCUT2D eigenvalue weighted by Crippen LogP contribution is -2.24. The number of aromatic nitrogens is 3. The summed E-state index contributed by atoms with van der Waals surface area (Å²) >= 11 is 5.64. The quantitative estimate of drug-likeness (QED) is 0.719. The van der Waals surface area contributed by atoms with Gasteiger partial charge in [-0.25, -0.2) is 4.68 Å². The summed E-state index contributed by atoms with van der Waals surface area (Å²) in [7, 11) is 0. The van der Waals surface area contributed by atoms with Crippen LogP contribution in [-0.4, -0.2) is 27.7 Å². The van der Waals surface area contributed by atoms with E-state index in [9.17, 15) is 0 Å². The number of halogens is 1. The molecule has 5 heteroatoms. The highest BCUT2D eigenvalue weighted by atomic mass is 35.5. The summed E-state index contributed by atoms with van der Waals surface area (Å²) in [5, 5.41) is 7.91. The second kappa shape index (κ2) is 4.75. The summed E-state index contributed by atoms with van der Waals surface area (Å²) in [5.41, 5.74) is 0.822. The smallest absolute Gasteiger partial charge is 0.0974 e. The first-order chi connectivity index (χ1) is 6.88. The maximum absolute atomic E-state index is 5.64. The third-order valence-corrected chi connectivity index (χ3v) is 2.66. The summed E-state index contributed by atoms with van der Waals surface area (Å²) < 4.78 is 7.42. The lowest BCUT2D eigenvalue weighted by Gasteiger charge is -2.21. The minimum atomic E-state index is 0.300. The molecule has 78 valence electrons. The molecule has 1 aliphatic heterocycles. The normalized spacial score (nSPS) is 22.5. The molecule has 0 bridgehead atoms. The van der Waals surface area contributed by atoms with Crippen LogP contribution in [0, 0.1) is 0 Å². The van der Waals surface area contributed by atoms with Gasteiger partial charge in [-0.2, -0.15) is 0 Å². The van der Waals surface area contributed by atoms with Crippen molar-refractivity contribution in [3.63, 3.8) is 0 Å². The van der Waals surface area contributed by atoms with Gasteiger partial charge in [0.25, 0.3) is 0 Å². The molecule has 1 aromatic rings. The molecule has 1 saturated heterocycles. The third-order valence-electron chi connectivity index (χ3n) is 2.39. The summed E-state index contributed by atoms with van der Waals surface area (Å²) in [6, 6.07) is 0. The minimum absolute atomic E-state index is 0.300. The number of hydrogen-bond acceptors (Lipinski definition) is 3. The van der Waals surface area contributed by atoms with Gasteiger partial charge in [-0.1, -0.05) is 5.21 Å². The van der Waals surface area contributed by atoms with Crippen LogP contribution in [0.5, 0.6) is 0 Å². The zero-order valence-electron chi connectivity index (χ0n) is 8.03. The highest BCUT2D eigenvalue weighted by Crippen LogP contribution is 2.14. The van der Waals surface area contributed by atoms with Crippen LogP contribution < -0.4 is 0 Å². The molecule has 0 N–H and O–H groups in total. The fourth-order valence-corrected chi connectivity index (χ4v) is 1.77. The van der Waals surface area contributed by atoms with Gasteiger partial charge in [0, 0.05) is 12.8 Å². The van der Waals surface area contributed by atoms with E-state index in [0.717, 1.165) is 25.3 Å². The van der Waals surface area contributed by atoms with E-state index in [-0.39, 0.29) is 0 Å². The Morgan fingerprint density at radius 3 is 3.14 bits per heavy atom. The molecule has 1 fully saturated rings. The molecule has 1 unspecified atom stereocenters. The maximum Gasteiger partial charge on any atom is 0.0974 e. The number of alkyl halides is 1. The molecule has 0 amide bonds. The number of rotatable bonds is 3. The Morgan fingerprint density at radius 2 is 2.50 bits per heavy atom. The fourth-order valence-electron chi connectivity index (χ4n) is 1.65. The van der Waals surface area contributed by atoms with Crippen molar-refractivity contribution in [2.75, 3.05) is 6.61 Å². The molecule has 0 aliphatic carbocycles. The van der Waals surface area contributed by atoms with E-state index in [2.05, 4.69) is 10.3 Å². The lowest BCUT2D eigenvalue weighted by molar-refractivity contribution is 0.00370. The molecule has 4 nitrogen and oxygen atoms in total. The zero-order valence-corrected chi connectivity index (χ0v) is 8.78. The van der Waals surface area contributed by atoms with Gasteiger partial charge in [0.2, 0.25) is 0 Å². The van der Waals surface area contributed by atoms with Crippen molar-refractivity contribution in [3.05, 3.63) is 11.9 Å². The van der Waals surface area contributed by atoms with Gasteiger partial charge in [-0.3, -0.25) is 0 Å². The van der Waals surface area contributed by atoms with E-state index < -0.39 is 0 Å². The van der Waals surface area contributed by atoms with Crippen molar-refractivity contribution in [1.29, 1.82) is 0 Å². The van der Waals surface area contributed by atoms with Crippen molar-refractivity contribution in [2.24, 2.45) is 0 Å². The van der Waals surface area contributed by atoms with Gasteiger partial charge in [0.1, 0.15) is 0 Å². The summed E-state index contributed by atoms with van der Waals surface area (Å²) in [6.45, 7) is 1.67. The summed E-state index contributed by atoms with van der Waals surface area (Å²) in [5.74, 6) is 0.422. The molecule has 14 heavy (non-hydrogen) atoms. The van der Waals surface area contributed by atoms with Crippen molar-refractivity contribution >= 4 is 11.6 Å². The van der Waals surface area contributed by atoms with Crippen molar-refractivity contribution < 1.29 is 4.74 Å². The zero-order chi connectivity index (χ0) is 9.80. The molecule has 0 spiro atoms. The van der Waals surface area contributed by atoms with Crippen LogP contribution >= 0.6 is 11.6 Å². The standard InChI is InChI=1S/C9H14ClN3O/c10-5-8-6-13(12-11-8)7-9-3-1-2-4-14-9/h6,9H,1-5,7H2. The summed E-state index contributed by atoms with van der Waals surface area (Å²) in [6.07, 6.45) is 5.73. The van der Waals surface area contributed by atoms with Crippen LogP contribution in [0.25, 0.3) is 0 Å². The molecular formula is C9H14ClN3O. The van der Waals surface area contributed by atoms with Crippen LogP contribution in [0.1, 0.15) is 25.0 Å². The largest absolute Gasteiger partial charge is 0.376 e. The molecule has 1 aliphatic rings. The predicted molar refractivity (Wildman–Crippen MR) is 53.2 cm³/mol. The molecule has 1 aromatic heterocycles. The van der Waals surface area contributed by atoms with Gasteiger partial charge in [0.15, 0.2) is 0 Å². The van der Waals surface area contributed by atoms with Gasteiger partial charge >= 0.3 is 0 Å². The highest BCUT2D eigenvalue weighted by molar-refractivity contribution is 6.16. The van der Waals surface area contributed by atoms with Gasteiger partial charge in [0.05, 0.1) is 24.2 Å². The van der Waals surface area contributed by atoms with E-state index in [0.29, 0.717) is 12.0 Å². The average molecular weight is 216 g/mol. The van der Waals surface area contributed by atoms with Gasteiger partial charge in [-0.15, -0.1) is 16.7 Å². The van der Waals surface area contributed by atoms with Gasteiger partial charge < -0.3 is 4.74 Å². The molecular weight excluding hydrogens is 202 g/mol. The topological polar surface area (TPSA) is 39.9 Å². The van der Waals surface area contributed by atoms with E-state index >= 15 is 0 Å². The van der Waals surface area contributed by atoms with E-state index in [1.165, 1.54) is 12.8 Å². The van der Waals surface area contributed by atoms with Crippen molar-refractivity contribution in [2.45, 2.75) is 37.8 Å². The van der Waals surface area contributed by atoms with Crippen LogP contribution in [0.2, 0.25) is 0 Å². The van der Waals surface area contributed by atoms with E-state index in [1.54, 1.807) is 0 Å². The predicted octanol–water partition coefficient (Wildman–Crippen LogP) is 1.59. The van der Waals surface area contributed by atoms with Crippen LogP contribution in [0.3, 0.4) is 0 Å². The van der Waals surface area contributed by atoms with Crippen LogP contribution in [0.4, 0.5) is 0 Å². The Morgan fingerprint density at radius 1 is 1.57 bits per heavy atom. The Balaban J connectivity index is 1.89. The fraction of sp³-hybridized carbons (Fsp3) is 0.778. The van der Waals surface area contributed by atoms with Gasteiger partial charge in [-0.05, 0) is 19.3 Å². The Labute approximate surface area is 88.2 Å². The molecule has 0 aromatic carbocycles. The first kappa shape index (κ1) is 9.93. The van der Waals surface area contributed by atoms with Crippen LogP contribution in [-0.2, 0) is 17.2 Å². The van der Waals surface area contributed by atoms with Crippen molar-refractivity contribution in [1.82, 2.24) is 15.0 Å². The number of hydrogen-bond donors (Lipinski definition) is 0. The maximum atomic E-state index is 5.64. The first-order valence-corrected chi connectivity index (χ1v) is 5.48. The average Bonchev–Trinajstić information content (AvgIpc) is 2.67. The van der Waals surface area contributed by atoms with E-state index in [1.807, 2.05) is 10.9 Å². The molecule has 1 atom stereocenters. The summed E-state index contributed by atoms with van der Waals surface area (Å²) in [4.78, 5) is 0. The van der Waals surface area contributed by atoms with Crippen LogP contribution in [0.15, 0.2) is 6.20 Å². The molecule has 2 heterocycles. The monoisotopic (exact) mass is 215 g/mol. The van der Waals surface area contributed by atoms with Crippen molar-refractivity contribution in [3.8, 4) is 0 Å². The molecule has 0 saturated carbocycles. The van der Waals surface area contributed by atoms with E-state index in [4.69, 9.17) is 16.3 Å². The molecule has 2 rings (SSSR count). The minimum Gasteiger partial charge on any atom is -0.376 e. The first-order valence-electron chi connectivity index (χ1n) is 4.95. The SMILES string of the molecule is ClCc1cn(CC2CCCCO2)nn1. The molecule has 0 radical (unpaired) electrons. The Hall–Kier alpha value is -0.610.